The molecule has 2 aromatic carbocycles. The van der Waals surface area contributed by atoms with Crippen LogP contribution in [0.1, 0.15) is 15.9 Å². The molecule has 0 fully saturated rings. The molecule has 0 radical (unpaired) electrons. The first-order valence-corrected chi connectivity index (χ1v) is 6.58. The summed E-state index contributed by atoms with van der Waals surface area (Å²) in [5.74, 6) is -0.610. The number of nitrogens with one attached hydrogen (secondary N) is 1. The molecular formula is C16H18FN3O. The number of nitrogens with two attached hydrogens (primary N) is 1. The molecule has 0 atom stereocenters. The zero-order valence-corrected chi connectivity index (χ0v) is 12.1. The van der Waals surface area contributed by atoms with Gasteiger partial charge in [-0.15, -0.1) is 0 Å². The van der Waals surface area contributed by atoms with E-state index in [1.165, 1.54) is 12.1 Å². The smallest absolute Gasteiger partial charge is 0.255 e. The van der Waals surface area contributed by atoms with Crippen LogP contribution in [0.5, 0.6) is 0 Å². The van der Waals surface area contributed by atoms with Crippen LogP contribution in [-0.4, -0.2) is 20.0 Å². The van der Waals surface area contributed by atoms with E-state index in [0.717, 1.165) is 5.69 Å². The number of hydrogen-bond acceptors (Lipinski definition) is 3. The maximum absolute atomic E-state index is 13.4. The van der Waals surface area contributed by atoms with E-state index in [-0.39, 0.29) is 18.3 Å². The first-order valence-electron chi connectivity index (χ1n) is 6.58. The van der Waals surface area contributed by atoms with Crippen LogP contribution in [-0.2, 0) is 6.54 Å². The number of halogens is 1. The van der Waals surface area contributed by atoms with E-state index >= 15 is 0 Å². The molecule has 0 heterocycles. The average molecular weight is 287 g/mol. The zero-order chi connectivity index (χ0) is 15.4. The first kappa shape index (κ1) is 15.0. The van der Waals surface area contributed by atoms with Gasteiger partial charge in [-0.05, 0) is 42.5 Å². The Morgan fingerprint density at radius 1 is 1.19 bits per heavy atom. The summed E-state index contributed by atoms with van der Waals surface area (Å²) in [5, 5.41) is 2.73. The molecule has 0 spiro atoms. The number of nitrogens with zero attached hydrogens (tertiary/aromatic N) is 1. The molecule has 0 aliphatic rings. The third-order valence-electron chi connectivity index (χ3n) is 3.17. The zero-order valence-electron chi connectivity index (χ0n) is 12.1. The van der Waals surface area contributed by atoms with Crippen molar-refractivity contribution in [3.63, 3.8) is 0 Å². The van der Waals surface area contributed by atoms with E-state index in [1.54, 1.807) is 18.2 Å². The average Bonchev–Trinajstić information content (AvgIpc) is 2.49. The van der Waals surface area contributed by atoms with Crippen LogP contribution in [0.25, 0.3) is 0 Å². The lowest BCUT2D eigenvalue weighted by Crippen LogP contribution is -2.13. The van der Waals surface area contributed by atoms with Gasteiger partial charge < -0.3 is 16.0 Å². The Hall–Kier alpha value is -2.40. The Morgan fingerprint density at radius 3 is 2.43 bits per heavy atom. The number of benzene rings is 2. The lowest BCUT2D eigenvalue weighted by atomic mass is 10.1. The van der Waals surface area contributed by atoms with Gasteiger partial charge in [-0.1, -0.05) is 0 Å². The van der Waals surface area contributed by atoms with E-state index in [1.807, 2.05) is 31.1 Å². The van der Waals surface area contributed by atoms with Crippen molar-refractivity contribution in [2.75, 3.05) is 24.3 Å². The van der Waals surface area contributed by atoms with Crippen LogP contribution >= 0.6 is 0 Å². The summed E-state index contributed by atoms with van der Waals surface area (Å²) >= 11 is 0. The molecule has 0 bridgehead atoms. The molecule has 0 saturated heterocycles. The number of amides is 1. The molecule has 4 nitrogen and oxygen atoms in total. The van der Waals surface area contributed by atoms with Gasteiger partial charge in [-0.3, -0.25) is 4.79 Å². The summed E-state index contributed by atoms with van der Waals surface area (Å²) in [4.78, 5) is 14.1. The van der Waals surface area contributed by atoms with Crippen molar-refractivity contribution in [2.24, 2.45) is 5.73 Å². The molecule has 2 aromatic rings. The molecule has 110 valence electrons. The Balaban J connectivity index is 2.14. The van der Waals surface area contributed by atoms with Crippen LogP contribution in [0, 0.1) is 5.82 Å². The molecule has 21 heavy (non-hydrogen) atoms. The Bertz CT molecular complexity index is 638. The van der Waals surface area contributed by atoms with Gasteiger partial charge in [0.15, 0.2) is 0 Å². The normalized spacial score (nSPS) is 10.3. The maximum atomic E-state index is 13.4. The third kappa shape index (κ3) is 3.58. The van der Waals surface area contributed by atoms with Crippen LogP contribution in [0.15, 0.2) is 42.5 Å². The van der Waals surface area contributed by atoms with Crippen LogP contribution in [0.3, 0.4) is 0 Å². The number of carbonyl (C=O) groups excluding carboxylic acids is 1. The second-order valence-corrected chi connectivity index (χ2v) is 4.91. The number of anilines is 2. The summed E-state index contributed by atoms with van der Waals surface area (Å²) in [7, 11) is 3.86. The Kier molecular flexibility index (Phi) is 4.55. The van der Waals surface area contributed by atoms with Crippen molar-refractivity contribution in [2.45, 2.75) is 6.54 Å². The van der Waals surface area contributed by atoms with E-state index < -0.39 is 0 Å². The van der Waals surface area contributed by atoms with Crippen molar-refractivity contribution in [3.8, 4) is 0 Å². The highest BCUT2D eigenvalue weighted by Gasteiger charge is 2.08. The van der Waals surface area contributed by atoms with Crippen molar-refractivity contribution < 1.29 is 9.18 Å². The van der Waals surface area contributed by atoms with E-state index in [0.29, 0.717) is 16.8 Å². The SMILES string of the molecule is CN(C)c1ccc(C(=O)Nc2ccc(F)c(CN)c2)cc1. The largest absolute Gasteiger partial charge is 0.378 e. The quantitative estimate of drug-likeness (QED) is 0.908. The fourth-order valence-corrected chi connectivity index (χ4v) is 1.92. The van der Waals surface area contributed by atoms with Gasteiger partial charge in [0.2, 0.25) is 0 Å². The van der Waals surface area contributed by atoms with Crippen molar-refractivity contribution >= 4 is 17.3 Å². The number of carbonyl (C=O) groups is 1. The summed E-state index contributed by atoms with van der Waals surface area (Å²) < 4.78 is 13.4. The van der Waals surface area contributed by atoms with Crippen LogP contribution < -0.4 is 16.0 Å². The lowest BCUT2D eigenvalue weighted by molar-refractivity contribution is 0.102. The van der Waals surface area contributed by atoms with Gasteiger partial charge in [0.1, 0.15) is 5.82 Å². The fraction of sp³-hybridized carbons (Fsp3) is 0.188. The summed E-state index contributed by atoms with van der Waals surface area (Å²) in [6.45, 7) is 0.0904. The van der Waals surface area contributed by atoms with Gasteiger partial charge >= 0.3 is 0 Å². The minimum atomic E-state index is -0.370. The predicted octanol–water partition coefficient (Wildman–Crippen LogP) is 2.60. The topological polar surface area (TPSA) is 58.4 Å². The standard InChI is InChI=1S/C16H18FN3O/c1-20(2)14-6-3-11(4-7-14)16(21)19-13-5-8-15(17)12(9-13)10-18/h3-9H,10,18H2,1-2H3,(H,19,21). The molecule has 0 unspecified atom stereocenters. The maximum Gasteiger partial charge on any atom is 0.255 e. The van der Waals surface area contributed by atoms with Gasteiger partial charge in [-0.25, -0.2) is 4.39 Å². The minimum absolute atomic E-state index is 0.0904. The lowest BCUT2D eigenvalue weighted by Gasteiger charge is -2.13. The number of rotatable bonds is 4. The molecule has 0 aliphatic heterocycles. The Morgan fingerprint density at radius 2 is 1.86 bits per heavy atom. The minimum Gasteiger partial charge on any atom is -0.378 e. The fourth-order valence-electron chi connectivity index (χ4n) is 1.92. The van der Waals surface area contributed by atoms with E-state index in [9.17, 15) is 9.18 Å². The molecule has 0 saturated carbocycles. The van der Waals surface area contributed by atoms with Gasteiger partial charge in [-0.2, -0.15) is 0 Å². The van der Waals surface area contributed by atoms with Gasteiger partial charge in [0.05, 0.1) is 0 Å². The third-order valence-corrected chi connectivity index (χ3v) is 3.17. The molecule has 0 aliphatic carbocycles. The van der Waals surface area contributed by atoms with Crippen molar-refractivity contribution in [1.29, 1.82) is 0 Å². The second kappa shape index (κ2) is 6.37. The molecule has 3 N–H and O–H groups in total. The van der Waals surface area contributed by atoms with Crippen LogP contribution in [0.2, 0.25) is 0 Å². The molecule has 5 heteroatoms. The molecule has 2 rings (SSSR count). The Labute approximate surface area is 123 Å². The summed E-state index contributed by atoms with van der Waals surface area (Å²) in [6, 6.07) is 11.6. The summed E-state index contributed by atoms with van der Waals surface area (Å²) in [5.41, 5.74) is 7.90. The highest BCUT2D eigenvalue weighted by atomic mass is 19.1. The summed E-state index contributed by atoms with van der Waals surface area (Å²) in [6.07, 6.45) is 0. The van der Waals surface area contributed by atoms with Gasteiger partial charge in [0.25, 0.3) is 5.91 Å². The highest BCUT2D eigenvalue weighted by Crippen LogP contribution is 2.17. The van der Waals surface area contributed by atoms with E-state index in [4.69, 9.17) is 5.73 Å². The monoisotopic (exact) mass is 287 g/mol. The number of hydrogen-bond donors (Lipinski definition) is 2. The molecule has 0 aromatic heterocycles. The molecular weight excluding hydrogens is 269 g/mol. The van der Waals surface area contributed by atoms with E-state index in [2.05, 4.69) is 5.32 Å². The first-order chi connectivity index (χ1) is 10.0. The van der Waals surface area contributed by atoms with Crippen LogP contribution in [0.4, 0.5) is 15.8 Å². The highest BCUT2D eigenvalue weighted by molar-refractivity contribution is 6.04. The van der Waals surface area contributed by atoms with Crippen molar-refractivity contribution in [1.82, 2.24) is 0 Å². The second-order valence-electron chi connectivity index (χ2n) is 4.91. The molecule has 1 amide bonds. The van der Waals surface area contributed by atoms with Crippen molar-refractivity contribution in [3.05, 3.63) is 59.4 Å². The van der Waals surface area contributed by atoms with Gasteiger partial charge in [0, 0.05) is 43.1 Å². The predicted molar refractivity (Wildman–Crippen MR) is 83.0 cm³/mol.